The molecule has 0 aromatic carbocycles. The molecular formula is C13H19NO2S. The van der Waals surface area contributed by atoms with Gasteiger partial charge >= 0.3 is 5.97 Å². The smallest absolute Gasteiger partial charge is 0.306 e. The molecule has 0 bridgehead atoms. The highest BCUT2D eigenvalue weighted by Gasteiger charge is 2.23. The van der Waals surface area contributed by atoms with Gasteiger partial charge in [-0.1, -0.05) is 19.8 Å². The summed E-state index contributed by atoms with van der Waals surface area (Å²) in [6, 6.07) is 0. The first-order valence-electron chi connectivity index (χ1n) is 6.27. The molecular weight excluding hydrogens is 234 g/mol. The fourth-order valence-electron chi connectivity index (χ4n) is 2.35. The van der Waals surface area contributed by atoms with Crippen molar-refractivity contribution in [2.24, 2.45) is 5.92 Å². The van der Waals surface area contributed by atoms with E-state index in [2.05, 4.69) is 4.98 Å². The molecule has 2 rings (SSSR count). The minimum atomic E-state index is -0.722. The van der Waals surface area contributed by atoms with Gasteiger partial charge in [-0.25, -0.2) is 4.98 Å². The molecule has 1 fully saturated rings. The highest BCUT2D eigenvalue weighted by molar-refractivity contribution is 7.11. The maximum Gasteiger partial charge on any atom is 0.306 e. The molecule has 0 amide bonds. The number of hydrogen-bond acceptors (Lipinski definition) is 3. The van der Waals surface area contributed by atoms with Crippen LogP contribution in [0.3, 0.4) is 0 Å². The third kappa shape index (κ3) is 2.86. The Morgan fingerprint density at radius 3 is 2.76 bits per heavy atom. The summed E-state index contributed by atoms with van der Waals surface area (Å²) in [5.74, 6) is -0.404. The molecule has 0 saturated heterocycles. The van der Waals surface area contributed by atoms with Gasteiger partial charge in [0.2, 0.25) is 0 Å². The second kappa shape index (κ2) is 5.17. The van der Waals surface area contributed by atoms with Gasteiger partial charge in [0, 0.05) is 10.8 Å². The number of nitrogens with zero attached hydrogens (tertiary/aromatic N) is 1. The van der Waals surface area contributed by atoms with Gasteiger partial charge in [0.15, 0.2) is 0 Å². The normalized spacial score (nSPS) is 18.5. The number of carboxylic acid groups (broad SMARTS) is 1. The predicted molar refractivity (Wildman–Crippen MR) is 68.6 cm³/mol. The number of aliphatic carboxylic acids is 1. The Morgan fingerprint density at radius 2 is 2.18 bits per heavy atom. The number of aryl methyl sites for hydroxylation is 1. The van der Waals surface area contributed by atoms with Crippen LogP contribution >= 0.6 is 11.3 Å². The van der Waals surface area contributed by atoms with Crippen LogP contribution in [0.2, 0.25) is 0 Å². The van der Waals surface area contributed by atoms with Crippen molar-refractivity contribution >= 4 is 17.3 Å². The van der Waals surface area contributed by atoms with E-state index in [1.54, 1.807) is 18.3 Å². The van der Waals surface area contributed by atoms with Crippen LogP contribution in [0.4, 0.5) is 0 Å². The lowest BCUT2D eigenvalue weighted by Crippen LogP contribution is -2.11. The minimum absolute atomic E-state index is 0.314. The van der Waals surface area contributed by atoms with Crippen molar-refractivity contribution in [1.29, 1.82) is 0 Å². The summed E-state index contributed by atoms with van der Waals surface area (Å²) in [6.07, 6.45) is 5.74. The Bertz CT molecular complexity index is 408. The molecule has 1 atom stereocenters. The van der Waals surface area contributed by atoms with Crippen molar-refractivity contribution < 1.29 is 9.90 Å². The third-order valence-electron chi connectivity index (χ3n) is 3.53. The lowest BCUT2D eigenvalue weighted by Gasteiger charge is -2.04. The lowest BCUT2D eigenvalue weighted by molar-refractivity contribution is -0.141. The van der Waals surface area contributed by atoms with Crippen molar-refractivity contribution in [1.82, 2.24) is 4.98 Å². The van der Waals surface area contributed by atoms with Crippen LogP contribution in [0.15, 0.2) is 0 Å². The molecule has 1 saturated carbocycles. The molecule has 17 heavy (non-hydrogen) atoms. The van der Waals surface area contributed by atoms with E-state index in [1.807, 2.05) is 6.92 Å². The molecule has 1 unspecified atom stereocenters. The Kier molecular flexibility index (Phi) is 3.82. The number of aromatic nitrogens is 1. The molecule has 1 aliphatic rings. The summed E-state index contributed by atoms with van der Waals surface area (Å²) in [7, 11) is 0. The molecule has 1 aromatic rings. The van der Waals surface area contributed by atoms with Gasteiger partial charge in [-0.2, -0.15) is 0 Å². The molecule has 0 radical (unpaired) electrons. The monoisotopic (exact) mass is 253 g/mol. The largest absolute Gasteiger partial charge is 0.481 e. The number of hydrogen-bond donors (Lipinski definition) is 1. The van der Waals surface area contributed by atoms with Crippen LogP contribution in [0.5, 0.6) is 0 Å². The van der Waals surface area contributed by atoms with Gasteiger partial charge in [0.05, 0.1) is 16.6 Å². The van der Waals surface area contributed by atoms with Crippen LogP contribution in [0.25, 0.3) is 0 Å². The highest BCUT2D eigenvalue weighted by atomic mass is 32.1. The number of carboxylic acids is 1. The van der Waals surface area contributed by atoms with E-state index >= 15 is 0 Å². The fraction of sp³-hybridized carbons (Fsp3) is 0.692. The van der Waals surface area contributed by atoms with Gasteiger partial charge in [-0.15, -0.1) is 11.3 Å². The molecule has 1 N–H and O–H groups in total. The number of rotatable bonds is 4. The minimum Gasteiger partial charge on any atom is -0.481 e. The molecule has 1 heterocycles. The molecule has 3 nitrogen and oxygen atoms in total. The van der Waals surface area contributed by atoms with Crippen molar-refractivity contribution in [2.45, 2.75) is 51.9 Å². The Balaban J connectivity index is 2.10. The van der Waals surface area contributed by atoms with E-state index in [9.17, 15) is 4.79 Å². The summed E-state index contributed by atoms with van der Waals surface area (Å²) in [4.78, 5) is 16.6. The van der Waals surface area contributed by atoms with Crippen LogP contribution < -0.4 is 0 Å². The molecule has 4 heteroatoms. The zero-order valence-corrected chi connectivity index (χ0v) is 11.2. The van der Waals surface area contributed by atoms with Crippen LogP contribution in [0.1, 0.15) is 54.1 Å². The third-order valence-corrected chi connectivity index (χ3v) is 4.87. The Hall–Kier alpha value is -0.900. The zero-order chi connectivity index (χ0) is 12.4. The standard InChI is InChI=1S/C13H19NO2S/c1-8(13(15)16)7-11-9(2)14-12(17-11)10-5-3-4-6-10/h8,10H,3-7H2,1-2H3,(H,15,16). The molecule has 0 spiro atoms. The van der Waals surface area contributed by atoms with Crippen molar-refractivity contribution in [3.63, 3.8) is 0 Å². The quantitative estimate of drug-likeness (QED) is 0.895. The van der Waals surface area contributed by atoms with Gasteiger partial charge in [0.25, 0.3) is 0 Å². The fourth-order valence-corrected chi connectivity index (χ4v) is 3.72. The summed E-state index contributed by atoms with van der Waals surface area (Å²) < 4.78 is 0. The molecule has 94 valence electrons. The van der Waals surface area contributed by atoms with Crippen molar-refractivity contribution in [2.75, 3.05) is 0 Å². The summed E-state index contributed by atoms with van der Waals surface area (Å²) in [5.41, 5.74) is 1.03. The van der Waals surface area contributed by atoms with Gasteiger partial charge in [-0.05, 0) is 26.2 Å². The van der Waals surface area contributed by atoms with Crippen LogP contribution in [0, 0.1) is 12.8 Å². The van der Waals surface area contributed by atoms with Crippen LogP contribution in [-0.2, 0) is 11.2 Å². The van der Waals surface area contributed by atoms with Crippen molar-refractivity contribution in [3.05, 3.63) is 15.6 Å². The summed E-state index contributed by atoms with van der Waals surface area (Å²) >= 11 is 1.73. The van der Waals surface area contributed by atoms with Gasteiger partial charge in [0.1, 0.15) is 0 Å². The molecule has 1 aliphatic carbocycles. The van der Waals surface area contributed by atoms with Crippen LogP contribution in [-0.4, -0.2) is 16.1 Å². The maximum absolute atomic E-state index is 10.9. The first-order valence-corrected chi connectivity index (χ1v) is 7.08. The zero-order valence-electron chi connectivity index (χ0n) is 10.4. The topological polar surface area (TPSA) is 50.2 Å². The number of thiazole rings is 1. The Morgan fingerprint density at radius 1 is 1.53 bits per heavy atom. The summed E-state index contributed by atoms with van der Waals surface area (Å²) in [6.45, 7) is 3.76. The lowest BCUT2D eigenvalue weighted by atomic mass is 10.1. The average Bonchev–Trinajstić information content (AvgIpc) is 2.88. The highest BCUT2D eigenvalue weighted by Crippen LogP contribution is 2.37. The van der Waals surface area contributed by atoms with E-state index in [-0.39, 0.29) is 5.92 Å². The van der Waals surface area contributed by atoms with E-state index in [0.29, 0.717) is 12.3 Å². The summed E-state index contributed by atoms with van der Waals surface area (Å²) in [5, 5.41) is 10.2. The first-order chi connectivity index (χ1) is 8.08. The van der Waals surface area contributed by atoms with E-state index in [4.69, 9.17) is 5.11 Å². The van der Waals surface area contributed by atoms with Gasteiger partial charge < -0.3 is 5.11 Å². The maximum atomic E-state index is 10.9. The molecule has 0 aliphatic heterocycles. The SMILES string of the molecule is Cc1nc(C2CCCC2)sc1CC(C)C(=O)O. The Labute approximate surface area is 106 Å². The van der Waals surface area contributed by atoms with E-state index < -0.39 is 5.97 Å². The number of carbonyl (C=O) groups is 1. The second-order valence-corrected chi connectivity index (χ2v) is 6.10. The van der Waals surface area contributed by atoms with E-state index in [1.165, 1.54) is 30.7 Å². The average molecular weight is 253 g/mol. The molecule has 1 aromatic heterocycles. The van der Waals surface area contributed by atoms with Gasteiger partial charge in [-0.3, -0.25) is 4.79 Å². The first kappa shape index (κ1) is 12.6. The van der Waals surface area contributed by atoms with Crippen molar-refractivity contribution in [3.8, 4) is 0 Å². The second-order valence-electron chi connectivity index (χ2n) is 4.99. The predicted octanol–water partition coefficient (Wildman–Crippen LogP) is 3.37. The van der Waals surface area contributed by atoms with E-state index in [0.717, 1.165) is 10.6 Å².